The molecule has 0 saturated heterocycles. The van der Waals surface area contributed by atoms with Crippen molar-refractivity contribution in [2.45, 2.75) is 25.7 Å². The van der Waals surface area contributed by atoms with Crippen molar-refractivity contribution in [1.82, 2.24) is 4.98 Å². The molecule has 0 radical (unpaired) electrons. The van der Waals surface area contributed by atoms with E-state index in [-0.39, 0.29) is 17.5 Å². The van der Waals surface area contributed by atoms with E-state index in [1.54, 1.807) is 12.1 Å². The van der Waals surface area contributed by atoms with Crippen LogP contribution in [0.25, 0.3) is 11.3 Å². The Labute approximate surface area is 143 Å². The zero-order valence-corrected chi connectivity index (χ0v) is 13.8. The molecule has 2 saturated carbocycles. The van der Waals surface area contributed by atoms with Crippen LogP contribution >= 0.6 is 11.3 Å². The highest BCUT2D eigenvalue weighted by Gasteiger charge is 2.43. The summed E-state index contributed by atoms with van der Waals surface area (Å²) in [5.74, 6) is 1.50. The SMILES string of the molecule is O=C(Nc1nc(-c2ccc([N+](=O)[O-])cc2)cs1)C1CC2CCC1C2. The van der Waals surface area contributed by atoms with Crippen LogP contribution in [0.15, 0.2) is 29.6 Å². The van der Waals surface area contributed by atoms with Gasteiger partial charge < -0.3 is 5.32 Å². The third-order valence-corrected chi connectivity index (χ3v) is 5.94. The molecule has 2 fully saturated rings. The van der Waals surface area contributed by atoms with Crippen molar-refractivity contribution >= 4 is 28.1 Å². The molecule has 1 aromatic carbocycles. The number of thiazole rings is 1. The maximum atomic E-state index is 12.5. The molecule has 1 aromatic heterocycles. The van der Waals surface area contributed by atoms with Crippen LogP contribution in [0.1, 0.15) is 25.7 Å². The topological polar surface area (TPSA) is 85.1 Å². The highest BCUT2D eigenvalue weighted by molar-refractivity contribution is 7.14. The molecule has 1 N–H and O–H groups in total. The molecule has 4 rings (SSSR count). The van der Waals surface area contributed by atoms with E-state index in [4.69, 9.17) is 0 Å². The summed E-state index contributed by atoms with van der Waals surface area (Å²) in [6.45, 7) is 0. The summed E-state index contributed by atoms with van der Waals surface area (Å²) >= 11 is 1.39. The number of benzene rings is 1. The Morgan fingerprint density at radius 2 is 2.04 bits per heavy atom. The van der Waals surface area contributed by atoms with Gasteiger partial charge in [0.15, 0.2) is 5.13 Å². The quantitative estimate of drug-likeness (QED) is 0.669. The first kappa shape index (κ1) is 15.3. The lowest BCUT2D eigenvalue weighted by Gasteiger charge is -2.19. The fraction of sp³-hybridized carbons (Fsp3) is 0.412. The second-order valence-electron chi connectivity index (χ2n) is 6.61. The molecule has 2 bridgehead atoms. The minimum atomic E-state index is -0.425. The lowest BCUT2D eigenvalue weighted by Crippen LogP contribution is -2.27. The molecule has 0 aliphatic heterocycles. The van der Waals surface area contributed by atoms with Crippen molar-refractivity contribution < 1.29 is 9.72 Å². The smallest absolute Gasteiger partial charge is 0.269 e. The van der Waals surface area contributed by atoms with Crippen LogP contribution in [-0.4, -0.2) is 15.8 Å². The number of hydrogen-bond donors (Lipinski definition) is 1. The second kappa shape index (κ2) is 5.98. The molecule has 7 heteroatoms. The average molecular weight is 343 g/mol. The largest absolute Gasteiger partial charge is 0.302 e. The lowest BCUT2D eigenvalue weighted by atomic mass is 9.88. The first-order chi connectivity index (χ1) is 11.6. The number of carbonyl (C=O) groups is 1. The fourth-order valence-electron chi connectivity index (χ4n) is 3.98. The van der Waals surface area contributed by atoms with Gasteiger partial charge in [0.05, 0.1) is 10.6 Å². The summed E-state index contributed by atoms with van der Waals surface area (Å²) in [5, 5.41) is 16.1. The van der Waals surface area contributed by atoms with Gasteiger partial charge in [-0.25, -0.2) is 4.98 Å². The predicted molar refractivity (Wildman–Crippen MR) is 91.8 cm³/mol. The van der Waals surface area contributed by atoms with Gasteiger partial charge in [0, 0.05) is 29.0 Å². The van der Waals surface area contributed by atoms with Gasteiger partial charge >= 0.3 is 0 Å². The number of rotatable bonds is 4. The average Bonchev–Trinajstić information content (AvgIpc) is 3.31. The number of nitrogens with zero attached hydrogens (tertiary/aromatic N) is 2. The molecule has 6 nitrogen and oxygen atoms in total. The molecule has 0 spiro atoms. The number of non-ortho nitro benzene ring substituents is 1. The van der Waals surface area contributed by atoms with E-state index < -0.39 is 4.92 Å². The van der Waals surface area contributed by atoms with Crippen molar-refractivity contribution in [3.63, 3.8) is 0 Å². The molecule has 3 unspecified atom stereocenters. The van der Waals surface area contributed by atoms with Crippen molar-refractivity contribution in [3.05, 3.63) is 39.8 Å². The van der Waals surface area contributed by atoms with Crippen molar-refractivity contribution in [1.29, 1.82) is 0 Å². The Morgan fingerprint density at radius 1 is 1.25 bits per heavy atom. The van der Waals surface area contributed by atoms with Crippen LogP contribution < -0.4 is 5.32 Å². The zero-order chi connectivity index (χ0) is 16.7. The molecule has 2 aromatic rings. The summed E-state index contributed by atoms with van der Waals surface area (Å²) in [6.07, 6.45) is 4.66. The number of anilines is 1. The fourth-order valence-corrected chi connectivity index (χ4v) is 4.70. The van der Waals surface area contributed by atoms with Crippen molar-refractivity contribution in [2.75, 3.05) is 5.32 Å². The van der Waals surface area contributed by atoms with E-state index in [1.165, 1.54) is 42.7 Å². The van der Waals surface area contributed by atoms with Gasteiger partial charge in [0.25, 0.3) is 5.69 Å². The van der Waals surface area contributed by atoms with Gasteiger partial charge in [-0.15, -0.1) is 11.3 Å². The van der Waals surface area contributed by atoms with E-state index in [0.29, 0.717) is 11.0 Å². The van der Waals surface area contributed by atoms with E-state index in [1.807, 2.05) is 5.38 Å². The van der Waals surface area contributed by atoms with Gasteiger partial charge in [-0.2, -0.15) is 0 Å². The number of nitrogens with one attached hydrogen (secondary N) is 1. The Balaban J connectivity index is 1.44. The monoisotopic (exact) mass is 343 g/mol. The highest BCUT2D eigenvalue weighted by atomic mass is 32.1. The normalized spacial score (nSPS) is 24.9. The van der Waals surface area contributed by atoms with Crippen LogP contribution in [0.4, 0.5) is 10.8 Å². The summed E-state index contributed by atoms with van der Waals surface area (Å²) in [4.78, 5) is 27.2. The summed E-state index contributed by atoms with van der Waals surface area (Å²) in [6, 6.07) is 6.27. The van der Waals surface area contributed by atoms with Crippen LogP contribution in [0.2, 0.25) is 0 Å². The van der Waals surface area contributed by atoms with Crippen LogP contribution in [0.3, 0.4) is 0 Å². The molecular formula is C17H17N3O3S. The third kappa shape index (κ3) is 2.80. The molecule has 2 aliphatic carbocycles. The molecule has 24 heavy (non-hydrogen) atoms. The first-order valence-electron chi connectivity index (χ1n) is 8.11. The highest BCUT2D eigenvalue weighted by Crippen LogP contribution is 2.48. The maximum absolute atomic E-state index is 12.5. The van der Waals surface area contributed by atoms with Crippen LogP contribution in [0, 0.1) is 27.9 Å². The summed E-state index contributed by atoms with van der Waals surface area (Å²) in [5.41, 5.74) is 1.58. The van der Waals surface area contributed by atoms with Crippen molar-refractivity contribution in [3.8, 4) is 11.3 Å². The minimum Gasteiger partial charge on any atom is -0.302 e. The van der Waals surface area contributed by atoms with Crippen molar-refractivity contribution in [2.24, 2.45) is 17.8 Å². The van der Waals surface area contributed by atoms with Crippen LogP contribution in [0.5, 0.6) is 0 Å². The second-order valence-corrected chi connectivity index (χ2v) is 7.47. The number of fused-ring (bicyclic) bond motifs is 2. The number of hydrogen-bond acceptors (Lipinski definition) is 5. The molecule has 1 heterocycles. The Kier molecular flexibility index (Phi) is 3.80. The Bertz CT molecular complexity index is 787. The summed E-state index contributed by atoms with van der Waals surface area (Å²) < 4.78 is 0. The molecule has 124 valence electrons. The minimum absolute atomic E-state index is 0.0544. The molecule has 2 aliphatic rings. The lowest BCUT2D eigenvalue weighted by molar-refractivity contribution is -0.384. The number of nitro groups is 1. The summed E-state index contributed by atoms with van der Waals surface area (Å²) in [7, 11) is 0. The molecule has 3 atom stereocenters. The first-order valence-corrected chi connectivity index (χ1v) is 8.99. The Hall–Kier alpha value is -2.28. The maximum Gasteiger partial charge on any atom is 0.269 e. The predicted octanol–water partition coefficient (Wildman–Crippen LogP) is 4.09. The number of nitro benzene ring substituents is 1. The van der Waals surface area contributed by atoms with Gasteiger partial charge in [-0.05, 0) is 43.2 Å². The standard InChI is InChI=1S/C17H17N3O3S/c21-16(14-8-10-1-2-12(14)7-10)19-17-18-15(9-24-17)11-3-5-13(6-4-11)20(22)23/h3-6,9-10,12,14H,1-2,7-8H2,(H,18,19,21). The zero-order valence-electron chi connectivity index (χ0n) is 13.0. The van der Waals surface area contributed by atoms with Crippen LogP contribution in [-0.2, 0) is 4.79 Å². The van der Waals surface area contributed by atoms with Gasteiger partial charge in [-0.1, -0.05) is 6.42 Å². The van der Waals surface area contributed by atoms with Gasteiger partial charge in [0.2, 0.25) is 5.91 Å². The van der Waals surface area contributed by atoms with Gasteiger partial charge in [0.1, 0.15) is 0 Å². The molecule has 1 amide bonds. The number of aromatic nitrogens is 1. The third-order valence-electron chi connectivity index (χ3n) is 5.18. The van der Waals surface area contributed by atoms with Gasteiger partial charge in [-0.3, -0.25) is 14.9 Å². The Morgan fingerprint density at radius 3 is 2.67 bits per heavy atom. The van der Waals surface area contributed by atoms with E-state index in [9.17, 15) is 14.9 Å². The number of carbonyl (C=O) groups excluding carboxylic acids is 1. The van der Waals surface area contributed by atoms with E-state index in [2.05, 4.69) is 10.3 Å². The molecular weight excluding hydrogens is 326 g/mol. The number of amides is 1. The van der Waals surface area contributed by atoms with E-state index >= 15 is 0 Å². The van der Waals surface area contributed by atoms with E-state index in [0.717, 1.165) is 23.6 Å².